The number of hydrogen-bond acceptors (Lipinski definition) is 6. The number of nitrogens with one attached hydrogen (secondary N) is 2. The smallest absolute Gasteiger partial charge is 0.264 e. The van der Waals surface area contributed by atoms with Crippen molar-refractivity contribution >= 4 is 43.0 Å². The Hall–Kier alpha value is -4.35. The number of para-hydroxylation sites is 3. The Labute approximate surface area is 240 Å². The predicted molar refractivity (Wildman–Crippen MR) is 161 cm³/mol. The fraction of sp³-hybridized carbons (Fsp3) is 0.167. The molecule has 9 nitrogen and oxygen atoms in total. The van der Waals surface area contributed by atoms with Gasteiger partial charge < -0.3 is 10.1 Å². The Morgan fingerprint density at radius 3 is 1.95 bits per heavy atom. The van der Waals surface area contributed by atoms with Crippen LogP contribution in [0.3, 0.4) is 0 Å². The van der Waals surface area contributed by atoms with Crippen LogP contribution in [0.1, 0.15) is 16.7 Å². The van der Waals surface area contributed by atoms with Crippen molar-refractivity contribution in [3.05, 3.63) is 108 Å². The number of carbonyl (C=O) groups is 1. The number of amides is 1. The number of methoxy groups -OCH3 is 1. The second-order valence-electron chi connectivity index (χ2n) is 9.44. The Morgan fingerprint density at radius 2 is 1.34 bits per heavy atom. The predicted octanol–water partition coefficient (Wildman–Crippen LogP) is 5.26. The average Bonchev–Trinajstić information content (AvgIpc) is 2.94. The molecule has 4 aromatic rings. The fourth-order valence-electron chi connectivity index (χ4n) is 4.19. The van der Waals surface area contributed by atoms with Gasteiger partial charge in [-0.1, -0.05) is 48.0 Å². The number of nitrogens with zero attached hydrogens (tertiary/aromatic N) is 1. The van der Waals surface area contributed by atoms with Crippen LogP contribution in [0.25, 0.3) is 0 Å². The van der Waals surface area contributed by atoms with E-state index in [9.17, 15) is 21.6 Å². The van der Waals surface area contributed by atoms with Crippen LogP contribution in [0.4, 0.5) is 17.1 Å². The molecule has 2 N–H and O–H groups in total. The number of sulfonamides is 2. The molecule has 0 saturated heterocycles. The molecule has 41 heavy (non-hydrogen) atoms. The number of benzene rings is 4. The molecule has 0 aliphatic heterocycles. The van der Waals surface area contributed by atoms with Gasteiger partial charge in [-0.25, -0.2) is 16.8 Å². The van der Waals surface area contributed by atoms with Crippen molar-refractivity contribution in [1.29, 1.82) is 0 Å². The summed E-state index contributed by atoms with van der Waals surface area (Å²) in [5, 5.41) is 2.66. The van der Waals surface area contributed by atoms with Gasteiger partial charge in [0.05, 0.1) is 28.3 Å². The Balaban J connectivity index is 1.57. The minimum Gasteiger partial charge on any atom is -0.495 e. The number of aryl methyl sites for hydroxylation is 3. The number of hydrogen-bond donors (Lipinski definition) is 2. The van der Waals surface area contributed by atoms with Gasteiger partial charge in [0.15, 0.2) is 0 Å². The summed E-state index contributed by atoms with van der Waals surface area (Å²) in [6.07, 6.45) is 0. The van der Waals surface area contributed by atoms with Crippen LogP contribution in [-0.4, -0.2) is 36.4 Å². The molecule has 0 bridgehead atoms. The summed E-state index contributed by atoms with van der Waals surface area (Å²) in [7, 11) is -6.62. The molecule has 4 rings (SSSR count). The first-order valence-electron chi connectivity index (χ1n) is 12.6. The maximum Gasteiger partial charge on any atom is 0.264 e. The van der Waals surface area contributed by atoms with Crippen molar-refractivity contribution in [2.75, 3.05) is 28.0 Å². The maximum absolute atomic E-state index is 13.7. The molecular weight excluding hydrogens is 562 g/mol. The molecule has 0 unspecified atom stereocenters. The number of ether oxygens (including phenoxy) is 1. The number of anilines is 3. The van der Waals surface area contributed by atoms with Gasteiger partial charge >= 0.3 is 0 Å². The highest BCUT2D eigenvalue weighted by Crippen LogP contribution is 2.32. The molecule has 0 aliphatic carbocycles. The molecule has 1 amide bonds. The third kappa shape index (κ3) is 6.69. The van der Waals surface area contributed by atoms with Crippen molar-refractivity contribution < 1.29 is 26.4 Å². The summed E-state index contributed by atoms with van der Waals surface area (Å²) < 4.78 is 62.3. The van der Waals surface area contributed by atoms with E-state index in [4.69, 9.17) is 4.74 Å². The van der Waals surface area contributed by atoms with Gasteiger partial charge in [0.25, 0.3) is 20.0 Å². The van der Waals surface area contributed by atoms with Crippen LogP contribution in [0.2, 0.25) is 0 Å². The molecule has 0 spiro atoms. The second kappa shape index (κ2) is 12.0. The van der Waals surface area contributed by atoms with Crippen LogP contribution in [-0.2, 0) is 24.8 Å². The van der Waals surface area contributed by atoms with E-state index >= 15 is 0 Å². The quantitative estimate of drug-likeness (QED) is 0.259. The Bertz CT molecular complexity index is 1750. The molecule has 4 aromatic carbocycles. The first-order chi connectivity index (χ1) is 19.4. The Kier molecular flexibility index (Phi) is 8.69. The molecule has 0 radical (unpaired) electrons. The molecule has 0 aliphatic rings. The number of carbonyl (C=O) groups excluding carboxylic acids is 1. The van der Waals surface area contributed by atoms with E-state index in [2.05, 4.69) is 10.0 Å². The number of rotatable bonds is 10. The molecule has 0 aromatic heterocycles. The Morgan fingerprint density at radius 1 is 0.756 bits per heavy atom. The average molecular weight is 594 g/mol. The third-order valence-corrected chi connectivity index (χ3v) is 9.56. The van der Waals surface area contributed by atoms with Crippen LogP contribution in [0, 0.1) is 20.8 Å². The van der Waals surface area contributed by atoms with Gasteiger partial charge in [-0.15, -0.1) is 0 Å². The lowest BCUT2D eigenvalue weighted by Gasteiger charge is -2.25. The molecule has 0 atom stereocenters. The zero-order chi connectivity index (χ0) is 29.8. The summed E-state index contributed by atoms with van der Waals surface area (Å²) in [4.78, 5) is 13.2. The van der Waals surface area contributed by atoms with E-state index in [1.54, 1.807) is 36.4 Å². The summed E-state index contributed by atoms with van der Waals surface area (Å²) in [6, 6.07) is 23.9. The second-order valence-corrected chi connectivity index (χ2v) is 13.0. The van der Waals surface area contributed by atoms with Crippen molar-refractivity contribution in [3.8, 4) is 5.75 Å². The minimum absolute atomic E-state index is 0.00995. The van der Waals surface area contributed by atoms with Gasteiger partial charge in [0.2, 0.25) is 5.91 Å². The maximum atomic E-state index is 13.7. The van der Waals surface area contributed by atoms with E-state index in [0.29, 0.717) is 11.4 Å². The van der Waals surface area contributed by atoms with E-state index in [-0.39, 0.29) is 21.2 Å². The minimum atomic E-state index is -4.15. The van der Waals surface area contributed by atoms with Crippen molar-refractivity contribution in [1.82, 2.24) is 0 Å². The van der Waals surface area contributed by atoms with Crippen LogP contribution in [0.15, 0.2) is 101 Å². The van der Waals surface area contributed by atoms with E-state index in [1.165, 1.54) is 43.5 Å². The molecule has 0 saturated carbocycles. The fourth-order valence-corrected chi connectivity index (χ4v) is 6.82. The highest BCUT2D eigenvalue weighted by Gasteiger charge is 2.29. The van der Waals surface area contributed by atoms with Gasteiger partial charge in [-0.05, 0) is 80.4 Å². The van der Waals surface area contributed by atoms with Crippen molar-refractivity contribution in [3.63, 3.8) is 0 Å². The highest BCUT2D eigenvalue weighted by molar-refractivity contribution is 7.93. The molecular formula is C30H31N3O6S2. The topological polar surface area (TPSA) is 122 Å². The molecule has 11 heteroatoms. The third-order valence-electron chi connectivity index (χ3n) is 6.42. The standard InChI is InChI=1S/C30H31N3O6S2/c1-21-12-16-26(17-13-21)41(37,38)33(27-10-5-6-11-28(27)39-4)20-29(34)31-24-14-18-25(19-15-24)40(35,36)32-30-22(2)8-7-9-23(30)3/h5-19,32H,20H2,1-4H3,(H,31,34). The largest absolute Gasteiger partial charge is 0.495 e. The summed E-state index contributed by atoms with van der Waals surface area (Å²) in [5.41, 5.74) is 3.48. The van der Waals surface area contributed by atoms with Crippen molar-refractivity contribution in [2.45, 2.75) is 30.6 Å². The van der Waals surface area contributed by atoms with Crippen LogP contribution in [0.5, 0.6) is 5.75 Å². The zero-order valence-corrected chi connectivity index (χ0v) is 24.7. The normalized spacial score (nSPS) is 11.5. The molecule has 214 valence electrons. The lowest BCUT2D eigenvalue weighted by atomic mass is 10.1. The monoisotopic (exact) mass is 593 g/mol. The SMILES string of the molecule is COc1ccccc1N(CC(=O)Nc1ccc(S(=O)(=O)Nc2c(C)cccc2C)cc1)S(=O)(=O)c1ccc(C)cc1. The lowest BCUT2D eigenvalue weighted by Crippen LogP contribution is -2.38. The summed E-state index contributed by atoms with van der Waals surface area (Å²) >= 11 is 0. The van der Waals surface area contributed by atoms with Crippen LogP contribution < -0.4 is 19.1 Å². The summed E-state index contributed by atoms with van der Waals surface area (Å²) in [5.74, 6) is -0.349. The van der Waals surface area contributed by atoms with E-state index in [0.717, 1.165) is 21.0 Å². The summed E-state index contributed by atoms with van der Waals surface area (Å²) in [6.45, 7) is 4.93. The molecule has 0 fully saturated rings. The van der Waals surface area contributed by atoms with Gasteiger partial charge in [-0.3, -0.25) is 13.8 Å². The zero-order valence-electron chi connectivity index (χ0n) is 23.1. The van der Waals surface area contributed by atoms with Crippen molar-refractivity contribution in [2.24, 2.45) is 0 Å². The van der Waals surface area contributed by atoms with Gasteiger partial charge in [-0.2, -0.15) is 0 Å². The first-order valence-corrected chi connectivity index (χ1v) is 15.6. The van der Waals surface area contributed by atoms with Crippen LogP contribution >= 0.6 is 0 Å². The highest BCUT2D eigenvalue weighted by atomic mass is 32.2. The van der Waals surface area contributed by atoms with E-state index < -0.39 is 32.5 Å². The first kappa shape index (κ1) is 29.6. The van der Waals surface area contributed by atoms with Gasteiger partial charge in [0, 0.05) is 5.69 Å². The van der Waals surface area contributed by atoms with Gasteiger partial charge in [0.1, 0.15) is 12.3 Å². The molecule has 0 heterocycles. The van der Waals surface area contributed by atoms with E-state index in [1.807, 2.05) is 39.0 Å². The lowest BCUT2D eigenvalue weighted by molar-refractivity contribution is -0.114.